The Hall–Kier alpha value is -3.14. The molecule has 7 heteroatoms. The number of piperazine rings is 1. The van der Waals surface area contributed by atoms with Gasteiger partial charge in [-0.15, -0.1) is 0 Å². The third-order valence-corrected chi connectivity index (χ3v) is 4.14. The normalized spacial score (nSPS) is 14.1. The van der Waals surface area contributed by atoms with Crippen LogP contribution in [0.2, 0.25) is 0 Å². The molecule has 1 fully saturated rings. The van der Waals surface area contributed by atoms with Crippen LogP contribution in [0.4, 0.5) is 5.95 Å². The summed E-state index contributed by atoms with van der Waals surface area (Å²) in [6.07, 6.45) is 0. The summed E-state index contributed by atoms with van der Waals surface area (Å²) < 4.78 is 5.20. The lowest BCUT2D eigenvalue weighted by atomic mass is 10.1. The van der Waals surface area contributed by atoms with Crippen molar-refractivity contribution in [3.8, 4) is 11.9 Å². The Morgan fingerprint density at radius 3 is 2.44 bits per heavy atom. The van der Waals surface area contributed by atoms with Gasteiger partial charge in [0.15, 0.2) is 0 Å². The van der Waals surface area contributed by atoms with Gasteiger partial charge < -0.3 is 14.5 Å². The molecule has 1 aliphatic rings. The van der Waals surface area contributed by atoms with Gasteiger partial charge in [0.05, 0.1) is 18.7 Å². The maximum atomic E-state index is 12.6. The van der Waals surface area contributed by atoms with E-state index >= 15 is 0 Å². The molecule has 25 heavy (non-hydrogen) atoms. The molecule has 0 saturated carbocycles. The predicted molar refractivity (Wildman–Crippen MR) is 92.6 cm³/mol. The molecule has 0 bridgehead atoms. The van der Waals surface area contributed by atoms with Gasteiger partial charge in [0.2, 0.25) is 11.8 Å². The molecule has 3 rings (SSSR count). The minimum atomic E-state index is -0.0214. The summed E-state index contributed by atoms with van der Waals surface area (Å²) in [6.45, 7) is 4.42. The Labute approximate surface area is 146 Å². The van der Waals surface area contributed by atoms with Crippen LogP contribution >= 0.6 is 0 Å². The van der Waals surface area contributed by atoms with Crippen molar-refractivity contribution in [3.05, 3.63) is 47.2 Å². The maximum absolute atomic E-state index is 12.6. The second-order valence-corrected chi connectivity index (χ2v) is 5.82. The summed E-state index contributed by atoms with van der Waals surface area (Å²) in [5.41, 5.74) is 1.99. The Kier molecular flexibility index (Phi) is 4.80. The van der Waals surface area contributed by atoms with Crippen molar-refractivity contribution in [1.82, 2.24) is 14.9 Å². The summed E-state index contributed by atoms with van der Waals surface area (Å²) in [4.78, 5) is 25.3. The van der Waals surface area contributed by atoms with E-state index in [-0.39, 0.29) is 5.91 Å². The standard InChI is InChI=1S/C18H19N5O2/c1-13-11-16(25-2)21-18(20-13)23-9-7-22(8-10-23)17(24)15-5-3-14(12-19)4-6-15/h3-6,11H,7-10H2,1-2H3. The van der Waals surface area contributed by atoms with Crippen LogP contribution < -0.4 is 9.64 Å². The molecular formula is C18H19N5O2. The highest BCUT2D eigenvalue weighted by Gasteiger charge is 2.24. The predicted octanol–water partition coefficient (Wildman–Crippen LogP) is 1.63. The quantitative estimate of drug-likeness (QED) is 0.846. The van der Waals surface area contributed by atoms with Crippen molar-refractivity contribution in [3.63, 3.8) is 0 Å². The SMILES string of the molecule is COc1cc(C)nc(N2CCN(C(=O)c3ccc(C#N)cc3)CC2)n1. The molecule has 0 spiro atoms. The van der Waals surface area contributed by atoms with E-state index in [1.807, 2.05) is 11.8 Å². The second kappa shape index (κ2) is 7.18. The zero-order valence-corrected chi connectivity index (χ0v) is 14.3. The molecule has 0 N–H and O–H groups in total. The molecule has 0 unspecified atom stereocenters. The Morgan fingerprint density at radius 1 is 1.16 bits per heavy atom. The number of nitriles is 1. The van der Waals surface area contributed by atoms with Gasteiger partial charge in [-0.1, -0.05) is 0 Å². The molecule has 1 aliphatic heterocycles. The third-order valence-electron chi connectivity index (χ3n) is 4.14. The van der Waals surface area contributed by atoms with Gasteiger partial charge in [-0.05, 0) is 31.2 Å². The van der Waals surface area contributed by atoms with Gasteiger partial charge in [0.25, 0.3) is 5.91 Å². The lowest BCUT2D eigenvalue weighted by Crippen LogP contribution is -2.49. The number of anilines is 1. The van der Waals surface area contributed by atoms with Crippen molar-refractivity contribution < 1.29 is 9.53 Å². The van der Waals surface area contributed by atoms with E-state index in [4.69, 9.17) is 10.00 Å². The van der Waals surface area contributed by atoms with E-state index in [1.54, 1.807) is 37.4 Å². The Morgan fingerprint density at radius 2 is 1.84 bits per heavy atom. The number of aryl methyl sites for hydroxylation is 1. The molecule has 2 aromatic rings. The van der Waals surface area contributed by atoms with Gasteiger partial charge in [-0.3, -0.25) is 4.79 Å². The molecule has 2 heterocycles. The van der Waals surface area contributed by atoms with Gasteiger partial charge in [-0.25, -0.2) is 4.98 Å². The summed E-state index contributed by atoms with van der Waals surface area (Å²) in [5.74, 6) is 1.15. The van der Waals surface area contributed by atoms with E-state index in [2.05, 4.69) is 20.9 Å². The average molecular weight is 337 g/mol. The van der Waals surface area contributed by atoms with Crippen LogP contribution in [-0.2, 0) is 0 Å². The molecule has 128 valence electrons. The van der Waals surface area contributed by atoms with Gasteiger partial charge in [0.1, 0.15) is 0 Å². The number of hydrogen-bond acceptors (Lipinski definition) is 6. The van der Waals surface area contributed by atoms with Gasteiger partial charge in [-0.2, -0.15) is 10.2 Å². The fourth-order valence-electron chi connectivity index (χ4n) is 2.75. The monoisotopic (exact) mass is 337 g/mol. The first kappa shape index (κ1) is 16.7. The molecule has 1 aromatic heterocycles. The average Bonchev–Trinajstić information content (AvgIpc) is 2.67. The molecule has 0 aliphatic carbocycles. The topological polar surface area (TPSA) is 82.4 Å². The molecule has 1 amide bonds. The largest absolute Gasteiger partial charge is 0.481 e. The highest BCUT2D eigenvalue weighted by molar-refractivity contribution is 5.94. The minimum Gasteiger partial charge on any atom is -0.481 e. The van der Waals surface area contributed by atoms with Crippen LogP contribution in [-0.4, -0.2) is 54.1 Å². The number of hydrogen-bond donors (Lipinski definition) is 0. The molecule has 7 nitrogen and oxygen atoms in total. The summed E-state index contributed by atoms with van der Waals surface area (Å²) in [7, 11) is 1.58. The number of ether oxygens (including phenoxy) is 1. The van der Waals surface area contributed by atoms with E-state index in [9.17, 15) is 4.79 Å². The third kappa shape index (κ3) is 3.69. The number of methoxy groups -OCH3 is 1. The second-order valence-electron chi connectivity index (χ2n) is 5.82. The summed E-state index contributed by atoms with van der Waals surface area (Å²) in [6, 6.07) is 10.6. The van der Waals surface area contributed by atoms with Crippen LogP contribution in [0, 0.1) is 18.3 Å². The first-order chi connectivity index (χ1) is 12.1. The van der Waals surface area contributed by atoms with Crippen LogP contribution in [0.25, 0.3) is 0 Å². The lowest BCUT2D eigenvalue weighted by molar-refractivity contribution is 0.0746. The smallest absolute Gasteiger partial charge is 0.253 e. The number of amides is 1. The first-order valence-electron chi connectivity index (χ1n) is 8.05. The number of carbonyl (C=O) groups is 1. The van der Waals surface area contributed by atoms with Crippen LogP contribution in [0.3, 0.4) is 0 Å². The number of aromatic nitrogens is 2. The van der Waals surface area contributed by atoms with E-state index in [1.165, 1.54) is 0 Å². The van der Waals surface area contributed by atoms with Crippen molar-refractivity contribution in [2.75, 3.05) is 38.2 Å². The molecule has 0 radical (unpaired) electrons. The summed E-state index contributed by atoms with van der Waals surface area (Å²) in [5, 5.41) is 8.84. The fourth-order valence-corrected chi connectivity index (χ4v) is 2.75. The van der Waals surface area contributed by atoms with E-state index < -0.39 is 0 Å². The zero-order valence-electron chi connectivity index (χ0n) is 14.3. The number of nitrogens with zero attached hydrogens (tertiary/aromatic N) is 5. The fraction of sp³-hybridized carbons (Fsp3) is 0.333. The van der Waals surface area contributed by atoms with Crippen molar-refractivity contribution >= 4 is 11.9 Å². The maximum Gasteiger partial charge on any atom is 0.253 e. The molecular weight excluding hydrogens is 318 g/mol. The number of carbonyl (C=O) groups excluding carboxylic acids is 1. The van der Waals surface area contributed by atoms with Gasteiger partial charge in [0, 0.05) is 43.5 Å². The molecule has 0 atom stereocenters. The summed E-state index contributed by atoms with van der Waals surface area (Å²) >= 11 is 0. The Bertz CT molecular complexity index is 805. The van der Waals surface area contributed by atoms with Crippen molar-refractivity contribution in [2.45, 2.75) is 6.92 Å². The van der Waals surface area contributed by atoms with Crippen LogP contribution in [0.1, 0.15) is 21.6 Å². The number of benzene rings is 1. The lowest BCUT2D eigenvalue weighted by Gasteiger charge is -2.35. The highest BCUT2D eigenvalue weighted by atomic mass is 16.5. The van der Waals surface area contributed by atoms with Gasteiger partial charge >= 0.3 is 0 Å². The van der Waals surface area contributed by atoms with E-state index in [0.29, 0.717) is 49.1 Å². The molecule has 1 aromatic carbocycles. The Balaban J connectivity index is 1.66. The highest BCUT2D eigenvalue weighted by Crippen LogP contribution is 2.18. The van der Waals surface area contributed by atoms with Crippen LogP contribution in [0.15, 0.2) is 30.3 Å². The van der Waals surface area contributed by atoms with E-state index in [0.717, 1.165) is 5.69 Å². The minimum absolute atomic E-state index is 0.0214. The number of rotatable bonds is 3. The molecule has 1 saturated heterocycles. The van der Waals surface area contributed by atoms with Crippen molar-refractivity contribution in [2.24, 2.45) is 0 Å². The van der Waals surface area contributed by atoms with Crippen LogP contribution in [0.5, 0.6) is 5.88 Å². The zero-order chi connectivity index (χ0) is 17.8. The first-order valence-corrected chi connectivity index (χ1v) is 8.05. The van der Waals surface area contributed by atoms with Crippen molar-refractivity contribution in [1.29, 1.82) is 5.26 Å².